The molecular formula is C15H24N2O4S. The zero-order valence-electron chi connectivity index (χ0n) is 12.8. The summed E-state index contributed by atoms with van der Waals surface area (Å²) in [7, 11) is 0. The highest BCUT2D eigenvalue weighted by Crippen LogP contribution is 2.28. The maximum Gasteiger partial charge on any atom is 0.326 e. The van der Waals surface area contributed by atoms with Crippen molar-refractivity contribution in [1.29, 1.82) is 0 Å². The van der Waals surface area contributed by atoms with Crippen LogP contribution >= 0.6 is 12.6 Å². The van der Waals surface area contributed by atoms with Crippen molar-refractivity contribution in [1.82, 2.24) is 10.2 Å². The molecule has 1 aliphatic carbocycles. The number of thiol groups is 1. The number of nitrogens with zero attached hydrogens (tertiary/aromatic N) is 1. The second-order valence-corrected chi connectivity index (χ2v) is 6.88. The summed E-state index contributed by atoms with van der Waals surface area (Å²) in [5, 5.41) is 11.9. The van der Waals surface area contributed by atoms with E-state index in [1.807, 2.05) is 0 Å². The lowest BCUT2D eigenvalue weighted by molar-refractivity contribution is -0.149. The van der Waals surface area contributed by atoms with Crippen LogP contribution in [-0.2, 0) is 14.4 Å². The molecule has 0 aromatic rings. The number of nitrogens with one attached hydrogen (secondary N) is 1. The van der Waals surface area contributed by atoms with Crippen LogP contribution in [0.1, 0.15) is 45.4 Å². The van der Waals surface area contributed by atoms with E-state index in [2.05, 4.69) is 17.9 Å². The van der Waals surface area contributed by atoms with E-state index in [1.54, 1.807) is 6.92 Å². The van der Waals surface area contributed by atoms with Gasteiger partial charge in [-0.15, -0.1) is 0 Å². The fourth-order valence-electron chi connectivity index (χ4n) is 3.34. The van der Waals surface area contributed by atoms with Gasteiger partial charge in [-0.1, -0.05) is 12.8 Å². The Morgan fingerprint density at radius 3 is 2.50 bits per heavy atom. The minimum Gasteiger partial charge on any atom is -0.480 e. The van der Waals surface area contributed by atoms with Crippen molar-refractivity contribution in [2.24, 2.45) is 5.92 Å². The summed E-state index contributed by atoms with van der Waals surface area (Å²) in [6.07, 6.45) is 4.96. The minimum absolute atomic E-state index is 0.0367. The molecule has 0 spiro atoms. The molecule has 1 saturated heterocycles. The van der Waals surface area contributed by atoms with Crippen molar-refractivity contribution < 1.29 is 19.5 Å². The number of hydrogen-bond donors (Lipinski definition) is 3. The van der Waals surface area contributed by atoms with Gasteiger partial charge in [0, 0.05) is 17.7 Å². The van der Waals surface area contributed by atoms with Crippen LogP contribution in [0.5, 0.6) is 0 Å². The Kier molecular flexibility index (Phi) is 5.72. The van der Waals surface area contributed by atoms with Crippen LogP contribution < -0.4 is 5.32 Å². The molecule has 0 radical (unpaired) electrons. The highest BCUT2D eigenvalue weighted by Gasteiger charge is 2.37. The van der Waals surface area contributed by atoms with Crippen LogP contribution in [0.25, 0.3) is 0 Å². The van der Waals surface area contributed by atoms with Crippen molar-refractivity contribution in [2.75, 3.05) is 6.54 Å². The summed E-state index contributed by atoms with van der Waals surface area (Å²) < 4.78 is 0. The number of carboxylic acid groups (broad SMARTS) is 1. The van der Waals surface area contributed by atoms with Gasteiger partial charge in [-0.25, -0.2) is 4.79 Å². The second-order valence-electron chi connectivity index (χ2n) is 6.22. The zero-order valence-corrected chi connectivity index (χ0v) is 13.7. The number of carbonyl (C=O) groups is 3. The Bertz CT molecular complexity index is 457. The second kappa shape index (κ2) is 7.35. The molecule has 2 amide bonds. The molecular weight excluding hydrogens is 304 g/mol. The quantitative estimate of drug-likeness (QED) is 0.674. The van der Waals surface area contributed by atoms with Gasteiger partial charge in [0.15, 0.2) is 0 Å². The maximum absolute atomic E-state index is 12.4. The van der Waals surface area contributed by atoms with Gasteiger partial charge in [-0.3, -0.25) is 9.59 Å². The molecule has 0 aromatic heterocycles. The Labute approximate surface area is 136 Å². The molecule has 6 nitrogen and oxygen atoms in total. The number of carbonyl (C=O) groups excluding carboxylic acids is 2. The first kappa shape index (κ1) is 17.1. The van der Waals surface area contributed by atoms with E-state index in [1.165, 1.54) is 4.90 Å². The van der Waals surface area contributed by atoms with E-state index in [0.29, 0.717) is 19.4 Å². The highest BCUT2D eigenvalue weighted by atomic mass is 32.1. The summed E-state index contributed by atoms with van der Waals surface area (Å²) in [6.45, 7) is 2.06. The van der Waals surface area contributed by atoms with Crippen molar-refractivity contribution in [3.63, 3.8) is 0 Å². The van der Waals surface area contributed by atoms with Crippen molar-refractivity contribution in [3.8, 4) is 0 Å². The number of rotatable bonds is 4. The molecule has 0 aromatic carbocycles. The average molecular weight is 328 g/mol. The van der Waals surface area contributed by atoms with Gasteiger partial charge in [0.2, 0.25) is 11.8 Å². The van der Waals surface area contributed by atoms with E-state index < -0.39 is 18.1 Å². The first-order valence-electron chi connectivity index (χ1n) is 7.93. The molecule has 7 heteroatoms. The van der Waals surface area contributed by atoms with Crippen LogP contribution in [-0.4, -0.2) is 51.7 Å². The van der Waals surface area contributed by atoms with E-state index in [0.717, 1.165) is 25.7 Å². The van der Waals surface area contributed by atoms with Gasteiger partial charge < -0.3 is 15.3 Å². The summed E-state index contributed by atoms with van der Waals surface area (Å²) in [5.74, 6) is -1.61. The van der Waals surface area contributed by atoms with Crippen molar-refractivity contribution in [3.05, 3.63) is 0 Å². The van der Waals surface area contributed by atoms with Gasteiger partial charge in [0.1, 0.15) is 12.1 Å². The third kappa shape index (κ3) is 3.74. The summed E-state index contributed by atoms with van der Waals surface area (Å²) in [4.78, 5) is 37.2. The van der Waals surface area contributed by atoms with Crippen LogP contribution in [0, 0.1) is 5.92 Å². The number of aliphatic carboxylic acids is 1. The lowest BCUT2D eigenvalue weighted by Crippen LogP contribution is -2.52. The number of likely N-dealkylation sites (tertiary alicyclic amines) is 1. The first-order chi connectivity index (χ1) is 10.4. The summed E-state index contributed by atoms with van der Waals surface area (Å²) in [6, 6.07) is -1.46. The summed E-state index contributed by atoms with van der Waals surface area (Å²) in [5.41, 5.74) is 0. The Morgan fingerprint density at radius 1 is 1.18 bits per heavy atom. The van der Waals surface area contributed by atoms with Crippen LogP contribution in [0.2, 0.25) is 0 Å². The van der Waals surface area contributed by atoms with E-state index >= 15 is 0 Å². The molecule has 1 saturated carbocycles. The van der Waals surface area contributed by atoms with Gasteiger partial charge >= 0.3 is 5.97 Å². The average Bonchev–Trinajstić information content (AvgIpc) is 2.96. The SMILES string of the molecule is C[C@H](NC(=O)C1CCCCC1S)C(=O)N1CCC[C@H]1C(=O)O. The Balaban J connectivity index is 1.93. The topological polar surface area (TPSA) is 86.7 Å². The number of hydrogen-bond acceptors (Lipinski definition) is 4. The van der Waals surface area contributed by atoms with Gasteiger partial charge in [0.05, 0.1) is 0 Å². The summed E-state index contributed by atoms with van der Waals surface area (Å²) >= 11 is 4.46. The van der Waals surface area contributed by atoms with Crippen LogP contribution in [0.15, 0.2) is 0 Å². The Hall–Kier alpha value is -1.24. The predicted molar refractivity (Wildman–Crippen MR) is 84.7 cm³/mol. The third-order valence-electron chi connectivity index (χ3n) is 4.62. The molecule has 1 heterocycles. The molecule has 0 bridgehead atoms. The lowest BCUT2D eigenvalue weighted by atomic mass is 9.88. The molecule has 2 fully saturated rings. The third-order valence-corrected chi connectivity index (χ3v) is 5.23. The fourth-order valence-corrected chi connectivity index (χ4v) is 3.80. The van der Waals surface area contributed by atoms with Gasteiger partial charge in [-0.2, -0.15) is 12.6 Å². The van der Waals surface area contributed by atoms with E-state index in [9.17, 15) is 14.4 Å². The largest absolute Gasteiger partial charge is 0.480 e. The van der Waals surface area contributed by atoms with Crippen molar-refractivity contribution in [2.45, 2.75) is 62.8 Å². The molecule has 2 rings (SSSR count). The fraction of sp³-hybridized carbons (Fsp3) is 0.800. The normalized spacial score (nSPS) is 29.9. The first-order valence-corrected chi connectivity index (χ1v) is 8.45. The van der Waals surface area contributed by atoms with E-state index in [4.69, 9.17) is 5.11 Å². The Morgan fingerprint density at radius 2 is 1.86 bits per heavy atom. The number of amides is 2. The minimum atomic E-state index is -0.980. The molecule has 2 unspecified atom stereocenters. The molecule has 22 heavy (non-hydrogen) atoms. The van der Waals surface area contributed by atoms with Crippen LogP contribution in [0.4, 0.5) is 0 Å². The lowest BCUT2D eigenvalue weighted by Gasteiger charge is -2.30. The number of carboxylic acids is 1. The highest BCUT2D eigenvalue weighted by molar-refractivity contribution is 7.81. The molecule has 124 valence electrons. The monoisotopic (exact) mass is 328 g/mol. The molecule has 2 aliphatic rings. The maximum atomic E-state index is 12.4. The molecule has 1 aliphatic heterocycles. The van der Waals surface area contributed by atoms with Gasteiger partial charge in [0.25, 0.3) is 0 Å². The van der Waals surface area contributed by atoms with E-state index in [-0.39, 0.29) is 23.0 Å². The zero-order chi connectivity index (χ0) is 16.3. The van der Waals surface area contributed by atoms with Crippen molar-refractivity contribution >= 4 is 30.4 Å². The van der Waals surface area contributed by atoms with Crippen LogP contribution in [0.3, 0.4) is 0 Å². The molecule has 4 atom stereocenters. The standard InChI is InChI=1S/C15H24N2O4S/c1-9(14(19)17-8-4-6-11(17)15(20)21)16-13(18)10-5-2-3-7-12(10)22/h9-12,22H,2-8H2,1H3,(H,16,18)(H,20,21)/t9-,10?,11-,12?/m0/s1. The van der Waals surface area contributed by atoms with Gasteiger partial charge in [-0.05, 0) is 32.6 Å². The predicted octanol–water partition coefficient (Wildman–Crippen LogP) is 1.06. The smallest absolute Gasteiger partial charge is 0.326 e. The molecule has 2 N–H and O–H groups in total.